The lowest BCUT2D eigenvalue weighted by atomic mass is 10.1. The molecule has 0 radical (unpaired) electrons. The first-order chi connectivity index (χ1) is 13.4. The number of amides is 1. The average molecular weight is 393 g/mol. The molecule has 1 fully saturated rings. The van der Waals surface area contributed by atoms with Crippen LogP contribution in [0.1, 0.15) is 36.1 Å². The van der Waals surface area contributed by atoms with Gasteiger partial charge in [0.1, 0.15) is 5.75 Å². The number of carbonyl (C=O) groups is 1. The molecule has 0 bridgehead atoms. The van der Waals surface area contributed by atoms with Gasteiger partial charge in [0, 0.05) is 12.5 Å². The van der Waals surface area contributed by atoms with Crippen molar-refractivity contribution in [2.24, 2.45) is 4.99 Å². The third-order valence-corrected chi connectivity index (χ3v) is 5.99. The fourth-order valence-electron chi connectivity index (χ4n) is 3.42. The molecule has 0 N–H and O–H groups in total. The molecule has 0 unspecified atom stereocenters. The summed E-state index contributed by atoms with van der Waals surface area (Å²) in [5.74, 6) is 0.932. The van der Waals surface area contributed by atoms with Crippen molar-refractivity contribution in [3.8, 4) is 5.75 Å². The lowest BCUT2D eigenvalue weighted by Crippen LogP contribution is -2.30. The molecular formula is C23H24N2O2S. The quantitative estimate of drug-likeness (QED) is 0.681. The Hall–Kier alpha value is -2.53. The highest BCUT2D eigenvalue weighted by Gasteiger charge is 2.35. The number of thioether (sulfide) groups is 1. The van der Waals surface area contributed by atoms with Crippen LogP contribution in [0.25, 0.3) is 6.08 Å². The molecular weight excluding hydrogens is 368 g/mol. The van der Waals surface area contributed by atoms with Gasteiger partial charge in [-0.2, -0.15) is 0 Å². The van der Waals surface area contributed by atoms with Crippen molar-refractivity contribution in [2.75, 3.05) is 11.5 Å². The number of carbonyl (C=O) groups excluding carboxylic acids is 1. The van der Waals surface area contributed by atoms with Crippen LogP contribution in [-0.2, 0) is 11.2 Å². The van der Waals surface area contributed by atoms with Crippen LogP contribution in [0.15, 0.2) is 46.3 Å². The predicted molar refractivity (Wildman–Crippen MR) is 117 cm³/mol. The molecule has 2 aromatic carbocycles. The van der Waals surface area contributed by atoms with E-state index in [0.717, 1.165) is 46.3 Å². The minimum absolute atomic E-state index is 0.0187. The molecule has 2 aliphatic heterocycles. The highest BCUT2D eigenvalue weighted by atomic mass is 32.2. The molecule has 0 atom stereocenters. The Kier molecular flexibility index (Phi) is 5.02. The summed E-state index contributed by atoms with van der Waals surface area (Å²) >= 11 is 1.45. The Balaban J connectivity index is 1.75. The summed E-state index contributed by atoms with van der Waals surface area (Å²) in [5, 5.41) is 0.740. The summed E-state index contributed by atoms with van der Waals surface area (Å²) in [4.78, 5) is 20.5. The van der Waals surface area contributed by atoms with E-state index in [1.165, 1.54) is 17.3 Å². The second kappa shape index (κ2) is 7.47. The van der Waals surface area contributed by atoms with Crippen molar-refractivity contribution in [1.29, 1.82) is 0 Å². The maximum absolute atomic E-state index is 13.3. The zero-order valence-corrected chi connectivity index (χ0v) is 17.5. The van der Waals surface area contributed by atoms with E-state index in [0.29, 0.717) is 4.91 Å². The van der Waals surface area contributed by atoms with Crippen molar-refractivity contribution in [1.82, 2.24) is 0 Å². The number of fused-ring (bicyclic) bond motifs is 1. The molecule has 1 amide bonds. The highest BCUT2D eigenvalue weighted by Crippen LogP contribution is 2.38. The van der Waals surface area contributed by atoms with Gasteiger partial charge >= 0.3 is 0 Å². The second-order valence-electron chi connectivity index (χ2n) is 7.44. The molecule has 2 heterocycles. The van der Waals surface area contributed by atoms with Crippen molar-refractivity contribution in [2.45, 2.75) is 40.2 Å². The normalized spacial score (nSPS) is 19.0. The molecule has 0 saturated carbocycles. The molecule has 5 heteroatoms. The molecule has 28 heavy (non-hydrogen) atoms. The number of anilines is 1. The number of aliphatic imine (C=N–C) groups is 1. The number of ether oxygens (including phenoxy) is 1. The summed E-state index contributed by atoms with van der Waals surface area (Å²) in [6.07, 6.45) is 2.88. The number of amidine groups is 1. The molecule has 4 nitrogen and oxygen atoms in total. The van der Waals surface area contributed by atoms with Crippen LogP contribution in [-0.4, -0.2) is 23.7 Å². The smallest absolute Gasteiger partial charge is 0.271 e. The SMILES string of the molecule is Cc1cccc(N2C(=O)/C(=C/c3ccc4c(c3)CCO4)SC2=NC(C)C)c1C. The minimum Gasteiger partial charge on any atom is -0.493 e. The Morgan fingerprint density at radius 3 is 2.82 bits per heavy atom. The van der Waals surface area contributed by atoms with Gasteiger partial charge in [-0.05, 0) is 86.0 Å². The van der Waals surface area contributed by atoms with Gasteiger partial charge in [0.15, 0.2) is 5.17 Å². The van der Waals surface area contributed by atoms with Crippen molar-refractivity contribution in [3.63, 3.8) is 0 Å². The van der Waals surface area contributed by atoms with Crippen LogP contribution in [0.2, 0.25) is 0 Å². The predicted octanol–water partition coefficient (Wildman–Crippen LogP) is 5.12. The number of hydrogen-bond acceptors (Lipinski definition) is 4. The summed E-state index contributed by atoms with van der Waals surface area (Å²) < 4.78 is 5.58. The summed E-state index contributed by atoms with van der Waals surface area (Å²) in [6.45, 7) is 8.91. The van der Waals surface area contributed by atoms with E-state index in [1.807, 2.05) is 44.2 Å². The van der Waals surface area contributed by atoms with Gasteiger partial charge in [0.2, 0.25) is 0 Å². The molecule has 144 valence electrons. The number of rotatable bonds is 3. The Morgan fingerprint density at radius 2 is 2.04 bits per heavy atom. The zero-order valence-electron chi connectivity index (χ0n) is 16.7. The van der Waals surface area contributed by atoms with Gasteiger partial charge in [-0.15, -0.1) is 0 Å². The standard InChI is InChI=1S/C23H24N2O2S/c1-14(2)24-23-25(19-7-5-6-15(3)16(19)4)22(26)21(28-23)13-17-8-9-20-18(12-17)10-11-27-20/h5-9,12-14H,10-11H2,1-4H3/b21-13-,24-23?. The van der Waals surface area contributed by atoms with Gasteiger partial charge in [-0.1, -0.05) is 18.2 Å². The van der Waals surface area contributed by atoms with Gasteiger partial charge < -0.3 is 4.74 Å². The minimum atomic E-state index is -0.0187. The highest BCUT2D eigenvalue weighted by molar-refractivity contribution is 8.19. The molecule has 4 rings (SSSR count). The van der Waals surface area contributed by atoms with E-state index in [2.05, 4.69) is 26.0 Å². The van der Waals surface area contributed by atoms with Gasteiger partial charge in [0.05, 0.1) is 17.2 Å². The number of hydrogen-bond donors (Lipinski definition) is 0. The van der Waals surface area contributed by atoms with Crippen molar-refractivity contribution < 1.29 is 9.53 Å². The van der Waals surface area contributed by atoms with E-state index >= 15 is 0 Å². The van der Waals surface area contributed by atoms with Crippen LogP contribution in [0.3, 0.4) is 0 Å². The van der Waals surface area contributed by atoms with E-state index in [1.54, 1.807) is 4.90 Å². The van der Waals surface area contributed by atoms with Crippen LogP contribution < -0.4 is 9.64 Å². The van der Waals surface area contributed by atoms with Crippen LogP contribution in [0.4, 0.5) is 5.69 Å². The third kappa shape index (κ3) is 3.47. The van der Waals surface area contributed by atoms with E-state index in [-0.39, 0.29) is 11.9 Å². The van der Waals surface area contributed by atoms with Crippen molar-refractivity contribution >= 4 is 34.6 Å². The summed E-state index contributed by atoms with van der Waals surface area (Å²) in [7, 11) is 0. The maximum atomic E-state index is 13.3. The van der Waals surface area contributed by atoms with Gasteiger partial charge in [0.25, 0.3) is 5.91 Å². The number of nitrogens with zero attached hydrogens (tertiary/aromatic N) is 2. The molecule has 2 aromatic rings. The van der Waals surface area contributed by atoms with E-state index in [4.69, 9.17) is 9.73 Å². The lowest BCUT2D eigenvalue weighted by Gasteiger charge is -2.19. The number of aryl methyl sites for hydroxylation is 1. The summed E-state index contributed by atoms with van der Waals surface area (Å²) in [5.41, 5.74) is 5.39. The van der Waals surface area contributed by atoms with Crippen LogP contribution in [0.5, 0.6) is 5.75 Å². The Morgan fingerprint density at radius 1 is 1.21 bits per heavy atom. The maximum Gasteiger partial charge on any atom is 0.271 e. The fraction of sp³-hybridized carbons (Fsp3) is 0.304. The first kappa shape index (κ1) is 18.8. The summed E-state index contributed by atoms with van der Waals surface area (Å²) in [6, 6.07) is 12.3. The Bertz CT molecular complexity index is 1010. The first-order valence-electron chi connectivity index (χ1n) is 9.58. The van der Waals surface area contributed by atoms with E-state index in [9.17, 15) is 4.79 Å². The molecule has 1 saturated heterocycles. The first-order valence-corrected chi connectivity index (χ1v) is 10.4. The Labute approximate surface area is 170 Å². The number of benzene rings is 2. The molecule has 0 aliphatic carbocycles. The molecule has 0 spiro atoms. The van der Waals surface area contributed by atoms with Gasteiger partial charge in [-0.3, -0.25) is 14.7 Å². The second-order valence-corrected chi connectivity index (χ2v) is 8.45. The average Bonchev–Trinajstić information content (AvgIpc) is 3.22. The largest absolute Gasteiger partial charge is 0.493 e. The monoisotopic (exact) mass is 392 g/mol. The third-order valence-electron chi connectivity index (χ3n) is 5.00. The van der Waals surface area contributed by atoms with Gasteiger partial charge in [-0.25, -0.2) is 0 Å². The van der Waals surface area contributed by atoms with E-state index < -0.39 is 0 Å². The topological polar surface area (TPSA) is 41.9 Å². The fourth-order valence-corrected chi connectivity index (χ4v) is 4.53. The molecule has 0 aromatic heterocycles. The molecule has 2 aliphatic rings. The van der Waals surface area contributed by atoms with Crippen LogP contribution in [0, 0.1) is 13.8 Å². The van der Waals surface area contributed by atoms with Crippen molar-refractivity contribution in [3.05, 3.63) is 63.6 Å². The lowest BCUT2D eigenvalue weighted by molar-refractivity contribution is -0.113. The van der Waals surface area contributed by atoms with Crippen LogP contribution >= 0.6 is 11.8 Å². The zero-order chi connectivity index (χ0) is 19.8.